The molecule has 0 spiro atoms. The van der Waals surface area contributed by atoms with Crippen LogP contribution in [0.2, 0.25) is 0 Å². The first-order valence-corrected chi connectivity index (χ1v) is 14.5. The SMILES string of the molecule is CC12CCC(=O)C=C1CCC1C2C(O)CC2(C)C1CCC2(O)C(=O)COC(=O)c1cccc(S(=O)(=O)[O-])c1.[Na+]. The molecule has 7 unspecified atom stereocenters. The Kier molecular flexibility index (Phi) is 8.19. The quantitative estimate of drug-likeness (QED) is 0.273. The smallest absolute Gasteiger partial charge is 0.744 e. The number of fused-ring (bicyclic) bond motifs is 5. The fourth-order valence-electron chi connectivity index (χ4n) is 8.26. The van der Waals surface area contributed by atoms with Crippen LogP contribution in [-0.4, -0.2) is 59.0 Å². The Morgan fingerprint density at radius 1 is 1.15 bits per heavy atom. The maximum atomic E-state index is 13.4. The summed E-state index contributed by atoms with van der Waals surface area (Å²) in [5.74, 6) is -1.52. The van der Waals surface area contributed by atoms with Crippen LogP contribution in [-0.2, 0) is 24.4 Å². The first kappa shape index (κ1) is 30.6. The average molecular weight is 569 g/mol. The molecule has 1 aromatic rings. The Morgan fingerprint density at radius 3 is 2.56 bits per heavy atom. The number of carbonyl (C=O) groups excluding carboxylic acids is 3. The van der Waals surface area contributed by atoms with E-state index in [-0.39, 0.29) is 76.9 Å². The minimum atomic E-state index is -4.77. The van der Waals surface area contributed by atoms with Crippen LogP contribution in [0.1, 0.15) is 69.2 Å². The Bertz CT molecular complexity index is 1340. The van der Waals surface area contributed by atoms with Gasteiger partial charge >= 0.3 is 35.5 Å². The predicted molar refractivity (Wildman–Crippen MR) is 133 cm³/mol. The van der Waals surface area contributed by atoms with Crippen LogP contribution >= 0.6 is 0 Å². The number of Topliss-reactive ketones (excluding diaryl/α,β-unsaturated/α-hetero) is 1. The summed E-state index contributed by atoms with van der Waals surface area (Å²) in [5.41, 5.74) is -2.11. The normalized spacial score (nSPS) is 37.5. The van der Waals surface area contributed by atoms with Gasteiger partial charge in [-0.2, -0.15) is 0 Å². The first-order valence-electron chi connectivity index (χ1n) is 13.1. The molecule has 9 nitrogen and oxygen atoms in total. The van der Waals surface area contributed by atoms with Crippen molar-refractivity contribution in [1.82, 2.24) is 0 Å². The summed E-state index contributed by atoms with van der Waals surface area (Å²) in [6.45, 7) is 3.25. The van der Waals surface area contributed by atoms with Crippen molar-refractivity contribution in [3.05, 3.63) is 41.5 Å². The van der Waals surface area contributed by atoms with Crippen molar-refractivity contribution in [2.45, 2.75) is 75.4 Å². The predicted octanol–water partition coefficient (Wildman–Crippen LogP) is -0.446. The van der Waals surface area contributed by atoms with Crippen molar-refractivity contribution in [2.24, 2.45) is 28.6 Å². The van der Waals surface area contributed by atoms with E-state index in [2.05, 4.69) is 6.92 Å². The molecule has 0 heterocycles. The number of ether oxygens (including phenoxy) is 1. The second-order valence-corrected chi connectivity index (χ2v) is 13.3. The maximum absolute atomic E-state index is 13.4. The van der Waals surface area contributed by atoms with Crippen LogP contribution in [0.25, 0.3) is 0 Å². The molecule has 206 valence electrons. The van der Waals surface area contributed by atoms with Crippen LogP contribution < -0.4 is 29.6 Å². The number of carbonyl (C=O) groups is 3. The van der Waals surface area contributed by atoms with Crippen LogP contribution in [0.15, 0.2) is 40.8 Å². The molecule has 11 heteroatoms. The molecule has 7 atom stereocenters. The number of ketones is 2. The van der Waals surface area contributed by atoms with Crippen molar-refractivity contribution in [2.75, 3.05) is 6.61 Å². The molecular weight excluding hydrogens is 535 g/mol. The van der Waals surface area contributed by atoms with Crippen molar-refractivity contribution >= 4 is 27.7 Å². The zero-order valence-electron chi connectivity index (χ0n) is 22.5. The summed E-state index contributed by atoms with van der Waals surface area (Å²) in [5, 5.41) is 23.2. The number of rotatable bonds is 5. The third-order valence-electron chi connectivity index (χ3n) is 10.2. The van der Waals surface area contributed by atoms with Gasteiger partial charge in [0.25, 0.3) is 0 Å². The molecular formula is C28H33NaO9S. The molecule has 1 aromatic carbocycles. The van der Waals surface area contributed by atoms with Gasteiger partial charge in [0, 0.05) is 11.8 Å². The van der Waals surface area contributed by atoms with Crippen LogP contribution in [0, 0.1) is 28.6 Å². The molecule has 5 rings (SSSR count). The molecule has 3 fully saturated rings. The molecule has 39 heavy (non-hydrogen) atoms. The molecule has 0 saturated heterocycles. The van der Waals surface area contributed by atoms with Crippen molar-refractivity contribution < 1.29 is 71.9 Å². The number of aliphatic hydroxyl groups is 2. The van der Waals surface area contributed by atoms with Crippen molar-refractivity contribution in [3.8, 4) is 0 Å². The van der Waals surface area contributed by atoms with E-state index >= 15 is 0 Å². The van der Waals surface area contributed by atoms with Gasteiger partial charge in [0.05, 0.1) is 16.6 Å². The summed E-state index contributed by atoms with van der Waals surface area (Å²) in [6.07, 6.45) is 4.66. The first-order chi connectivity index (χ1) is 17.7. The van der Waals surface area contributed by atoms with Crippen LogP contribution in [0.4, 0.5) is 0 Å². The maximum Gasteiger partial charge on any atom is 1.00 e. The van der Waals surface area contributed by atoms with E-state index in [0.717, 1.165) is 30.5 Å². The number of benzene rings is 1. The third-order valence-corrected chi connectivity index (χ3v) is 11.0. The van der Waals surface area contributed by atoms with Gasteiger partial charge in [-0.15, -0.1) is 0 Å². The number of allylic oxidation sites excluding steroid dienone is 1. The fraction of sp³-hybridized carbons (Fsp3) is 0.607. The van der Waals surface area contributed by atoms with Crippen LogP contribution in [0.3, 0.4) is 0 Å². The molecule has 0 radical (unpaired) electrons. The van der Waals surface area contributed by atoms with Crippen LogP contribution in [0.5, 0.6) is 0 Å². The Labute approximate surface area is 250 Å². The molecule has 0 aliphatic heterocycles. The summed E-state index contributed by atoms with van der Waals surface area (Å²) >= 11 is 0. The van der Waals surface area contributed by atoms with Gasteiger partial charge in [-0.1, -0.05) is 25.5 Å². The van der Waals surface area contributed by atoms with Gasteiger partial charge in [0.2, 0.25) is 5.78 Å². The second-order valence-electron chi connectivity index (χ2n) is 12.0. The Balaban J connectivity index is 0.00000353. The number of hydrogen-bond acceptors (Lipinski definition) is 9. The molecule has 0 bridgehead atoms. The summed E-state index contributed by atoms with van der Waals surface area (Å²) in [4.78, 5) is 37.4. The van der Waals surface area contributed by atoms with Gasteiger partial charge in [-0.3, -0.25) is 9.59 Å². The summed E-state index contributed by atoms with van der Waals surface area (Å²) in [7, 11) is -4.77. The molecule has 4 aliphatic rings. The van der Waals surface area contributed by atoms with Gasteiger partial charge in [0.15, 0.2) is 12.4 Å². The van der Waals surface area contributed by atoms with E-state index in [1.807, 2.05) is 6.92 Å². The Morgan fingerprint density at radius 2 is 1.87 bits per heavy atom. The van der Waals surface area contributed by atoms with Crippen molar-refractivity contribution in [1.29, 1.82) is 0 Å². The van der Waals surface area contributed by atoms with E-state index < -0.39 is 50.5 Å². The van der Waals surface area contributed by atoms with Gasteiger partial charge in [-0.25, -0.2) is 13.2 Å². The number of esters is 1. The van der Waals surface area contributed by atoms with Crippen molar-refractivity contribution in [3.63, 3.8) is 0 Å². The van der Waals surface area contributed by atoms with E-state index in [4.69, 9.17) is 4.74 Å². The average Bonchev–Trinajstić information content (AvgIpc) is 3.13. The topological polar surface area (TPSA) is 158 Å². The summed E-state index contributed by atoms with van der Waals surface area (Å²) < 4.78 is 38.9. The van der Waals surface area contributed by atoms with E-state index in [9.17, 15) is 37.6 Å². The molecule has 3 saturated carbocycles. The molecule has 0 aromatic heterocycles. The largest absolute Gasteiger partial charge is 1.00 e. The van der Waals surface area contributed by atoms with E-state index in [0.29, 0.717) is 19.3 Å². The van der Waals surface area contributed by atoms with Gasteiger partial charge < -0.3 is 19.5 Å². The van der Waals surface area contributed by atoms with E-state index in [1.165, 1.54) is 12.1 Å². The number of hydrogen-bond donors (Lipinski definition) is 2. The zero-order chi connectivity index (χ0) is 27.7. The zero-order valence-corrected chi connectivity index (χ0v) is 25.3. The third kappa shape index (κ3) is 4.90. The molecule has 2 N–H and O–H groups in total. The Hall–Kier alpha value is -1.40. The minimum absolute atomic E-state index is 0. The molecule has 4 aliphatic carbocycles. The van der Waals surface area contributed by atoms with Gasteiger partial charge in [-0.05, 0) is 86.0 Å². The summed E-state index contributed by atoms with van der Waals surface area (Å²) in [6, 6.07) is 4.45. The van der Waals surface area contributed by atoms with E-state index in [1.54, 1.807) is 6.08 Å². The standard InChI is InChI=1S/C28H34O9S.Na/c1-26-10-8-18(29)13-17(26)6-7-20-21-9-11-28(33,27(21,2)14-22(30)24(20)26)23(31)15-37-25(32)16-4-3-5-19(12-16)38(34,35)36;/h3-5,12-13,20-22,24,30,33H,6-11,14-15H2,1-2H3,(H,34,35,36);/q;+1/p-1. The number of aliphatic hydroxyl groups excluding tert-OH is 1. The monoisotopic (exact) mass is 568 g/mol. The fourth-order valence-corrected chi connectivity index (χ4v) is 8.78. The second kappa shape index (κ2) is 10.5. The van der Waals surface area contributed by atoms with Gasteiger partial charge in [0.1, 0.15) is 15.7 Å². The minimum Gasteiger partial charge on any atom is -0.744 e. The molecule has 0 amide bonds.